The van der Waals surface area contributed by atoms with Crippen LogP contribution >= 0.6 is 0 Å². The highest BCUT2D eigenvalue weighted by Gasteiger charge is 2.46. The van der Waals surface area contributed by atoms with Gasteiger partial charge in [0.25, 0.3) is 0 Å². The summed E-state index contributed by atoms with van der Waals surface area (Å²) in [7, 11) is 0. The van der Waals surface area contributed by atoms with Crippen molar-refractivity contribution in [2.45, 2.75) is 39.5 Å². The Morgan fingerprint density at radius 3 is 2.73 bits per heavy atom. The van der Waals surface area contributed by atoms with E-state index >= 15 is 0 Å². The summed E-state index contributed by atoms with van der Waals surface area (Å²) in [6, 6.07) is 0. The van der Waals surface area contributed by atoms with Crippen molar-refractivity contribution in [3.8, 4) is 0 Å². The van der Waals surface area contributed by atoms with Crippen molar-refractivity contribution in [1.82, 2.24) is 0 Å². The summed E-state index contributed by atoms with van der Waals surface area (Å²) >= 11 is 0. The van der Waals surface area contributed by atoms with E-state index in [4.69, 9.17) is 0 Å². The van der Waals surface area contributed by atoms with Crippen LogP contribution in [-0.2, 0) is 0 Å². The molecule has 2 aliphatic rings. The molecular formula is C15H22. The average molecular weight is 202 g/mol. The van der Waals surface area contributed by atoms with Gasteiger partial charge in [0.2, 0.25) is 0 Å². The number of hydrogen-bond donors (Lipinski definition) is 0. The highest BCUT2D eigenvalue weighted by Crippen LogP contribution is 2.56. The van der Waals surface area contributed by atoms with E-state index in [2.05, 4.69) is 39.2 Å². The van der Waals surface area contributed by atoms with Gasteiger partial charge < -0.3 is 0 Å². The molecule has 0 bridgehead atoms. The summed E-state index contributed by atoms with van der Waals surface area (Å²) in [5, 5.41) is 0. The molecule has 3 atom stereocenters. The molecule has 0 aliphatic heterocycles. The second-order valence-corrected chi connectivity index (χ2v) is 5.48. The zero-order valence-electron chi connectivity index (χ0n) is 10.1. The van der Waals surface area contributed by atoms with Crippen molar-refractivity contribution >= 4 is 0 Å². The Labute approximate surface area is 93.8 Å². The summed E-state index contributed by atoms with van der Waals surface area (Å²) < 4.78 is 0. The van der Waals surface area contributed by atoms with Crippen molar-refractivity contribution in [1.29, 1.82) is 0 Å². The fourth-order valence-corrected chi connectivity index (χ4v) is 3.52. The summed E-state index contributed by atoms with van der Waals surface area (Å²) in [4.78, 5) is 0. The fraction of sp³-hybridized carbons (Fsp3) is 0.600. The Morgan fingerprint density at radius 1 is 1.47 bits per heavy atom. The number of hydrogen-bond acceptors (Lipinski definition) is 0. The van der Waals surface area contributed by atoms with Crippen LogP contribution in [0.1, 0.15) is 39.5 Å². The maximum Gasteiger partial charge on any atom is -0.00211 e. The first kappa shape index (κ1) is 10.7. The largest absolute Gasteiger partial charge is 0.0998 e. The highest BCUT2D eigenvalue weighted by atomic mass is 14.5. The molecule has 1 fully saturated rings. The van der Waals surface area contributed by atoms with Crippen LogP contribution in [0.2, 0.25) is 0 Å². The van der Waals surface area contributed by atoms with Crippen LogP contribution < -0.4 is 0 Å². The molecule has 0 aromatic rings. The Bertz CT molecular complexity index is 321. The Kier molecular flexibility index (Phi) is 2.62. The van der Waals surface area contributed by atoms with Crippen LogP contribution in [0.25, 0.3) is 0 Å². The molecule has 0 radical (unpaired) electrons. The Balaban J connectivity index is 2.34. The average Bonchev–Trinajstić information content (AvgIpc) is 2.50. The van der Waals surface area contributed by atoms with E-state index in [0.717, 1.165) is 5.92 Å². The van der Waals surface area contributed by atoms with Crippen LogP contribution in [0, 0.1) is 17.3 Å². The summed E-state index contributed by atoms with van der Waals surface area (Å²) in [5.41, 5.74) is 3.07. The standard InChI is InChI=1S/C15H22/c1-11(2)14-6-5-13(4)15(14)9-7-12(3)8-10-15/h7,9,13-14H,1,3,5-6,8,10H2,2,4H3/t13-,14+,15-/m1/s1. The smallest absolute Gasteiger partial charge is 0.00211 e. The molecule has 0 heteroatoms. The van der Waals surface area contributed by atoms with Crippen molar-refractivity contribution in [2.24, 2.45) is 17.3 Å². The molecule has 2 rings (SSSR count). The van der Waals surface area contributed by atoms with Crippen molar-refractivity contribution in [2.75, 3.05) is 0 Å². The predicted octanol–water partition coefficient (Wildman–Crippen LogP) is 4.50. The van der Waals surface area contributed by atoms with Gasteiger partial charge in [-0.1, -0.05) is 43.4 Å². The lowest BCUT2D eigenvalue weighted by Crippen LogP contribution is -2.31. The molecular weight excluding hydrogens is 180 g/mol. The first-order chi connectivity index (χ1) is 7.06. The van der Waals surface area contributed by atoms with Crippen LogP contribution in [0.15, 0.2) is 36.5 Å². The molecule has 0 aromatic heterocycles. The molecule has 0 nitrogen and oxygen atoms in total. The fourth-order valence-electron chi connectivity index (χ4n) is 3.52. The van der Waals surface area contributed by atoms with Crippen LogP contribution in [-0.4, -0.2) is 0 Å². The van der Waals surface area contributed by atoms with Gasteiger partial charge in [0, 0.05) is 0 Å². The minimum atomic E-state index is 0.410. The first-order valence-electron chi connectivity index (χ1n) is 6.08. The Hall–Kier alpha value is -0.780. The molecule has 0 unspecified atom stereocenters. The van der Waals surface area contributed by atoms with E-state index in [9.17, 15) is 0 Å². The summed E-state index contributed by atoms with van der Waals surface area (Å²) in [6.07, 6.45) is 9.82. The number of allylic oxidation sites excluding steroid dienone is 4. The van der Waals surface area contributed by atoms with Gasteiger partial charge in [0.1, 0.15) is 0 Å². The lowest BCUT2D eigenvalue weighted by molar-refractivity contribution is 0.214. The highest BCUT2D eigenvalue weighted by molar-refractivity contribution is 5.28. The van der Waals surface area contributed by atoms with Gasteiger partial charge >= 0.3 is 0 Å². The zero-order valence-corrected chi connectivity index (χ0v) is 10.1. The normalized spacial score (nSPS) is 40.0. The SMILES string of the molecule is C=C1C=C[C@@]2(CC1)[C@H](C)CC[C@H]2C(=C)C. The second kappa shape index (κ2) is 3.66. The maximum absolute atomic E-state index is 4.18. The van der Waals surface area contributed by atoms with Crippen molar-refractivity contribution < 1.29 is 0 Å². The van der Waals surface area contributed by atoms with Crippen molar-refractivity contribution in [3.05, 3.63) is 36.5 Å². The topological polar surface area (TPSA) is 0 Å². The lowest BCUT2D eigenvalue weighted by Gasteiger charge is -2.39. The first-order valence-corrected chi connectivity index (χ1v) is 6.08. The third-order valence-corrected chi connectivity index (χ3v) is 4.56. The molecule has 82 valence electrons. The summed E-state index contributed by atoms with van der Waals surface area (Å²) in [5.74, 6) is 1.51. The summed E-state index contributed by atoms with van der Waals surface area (Å²) in [6.45, 7) is 12.8. The zero-order chi connectivity index (χ0) is 11.1. The molecule has 2 aliphatic carbocycles. The Morgan fingerprint density at radius 2 is 2.20 bits per heavy atom. The molecule has 1 saturated carbocycles. The van der Waals surface area contributed by atoms with Crippen molar-refractivity contribution in [3.63, 3.8) is 0 Å². The second-order valence-electron chi connectivity index (χ2n) is 5.48. The molecule has 0 amide bonds. The molecule has 0 saturated heterocycles. The third kappa shape index (κ3) is 1.60. The van der Waals surface area contributed by atoms with E-state index < -0.39 is 0 Å². The van der Waals surface area contributed by atoms with Crippen LogP contribution in [0.3, 0.4) is 0 Å². The van der Waals surface area contributed by atoms with E-state index in [0.29, 0.717) is 11.3 Å². The maximum atomic E-state index is 4.18. The van der Waals surface area contributed by atoms with Crippen LogP contribution in [0.5, 0.6) is 0 Å². The van der Waals surface area contributed by atoms with E-state index in [1.54, 1.807) is 0 Å². The van der Waals surface area contributed by atoms with Gasteiger partial charge in [0.05, 0.1) is 0 Å². The monoisotopic (exact) mass is 202 g/mol. The minimum Gasteiger partial charge on any atom is -0.0998 e. The van der Waals surface area contributed by atoms with Gasteiger partial charge in [-0.3, -0.25) is 0 Å². The third-order valence-electron chi connectivity index (χ3n) is 4.56. The van der Waals surface area contributed by atoms with Gasteiger partial charge in [-0.05, 0) is 49.9 Å². The van der Waals surface area contributed by atoms with E-state index in [1.165, 1.54) is 36.8 Å². The van der Waals surface area contributed by atoms with Gasteiger partial charge in [-0.15, -0.1) is 0 Å². The molecule has 0 aromatic carbocycles. The van der Waals surface area contributed by atoms with Gasteiger partial charge in [-0.2, -0.15) is 0 Å². The van der Waals surface area contributed by atoms with E-state index in [-0.39, 0.29) is 0 Å². The minimum absolute atomic E-state index is 0.410. The van der Waals surface area contributed by atoms with Gasteiger partial charge in [0.15, 0.2) is 0 Å². The predicted molar refractivity (Wildman–Crippen MR) is 66.6 cm³/mol. The molecule has 1 spiro atoms. The molecule has 15 heavy (non-hydrogen) atoms. The van der Waals surface area contributed by atoms with Gasteiger partial charge in [-0.25, -0.2) is 0 Å². The van der Waals surface area contributed by atoms with E-state index in [1.807, 2.05) is 0 Å². The molecule has 0 N–H and O–H groups in total. The molecule has 0 heterocycles. The number of rotatable bonds is 1. The quantitative estimate of drug-likeness (QED) is 0.549. The van der Waals surface area contributed by atoms with Crippen LogP contribution in [0.4, 0.5) is 0 Å². The lowest BCUT2D eigenvalue weighted by atomic mass is 9.65.